The lowest BCUT2D eigenvalue weighted by Gasteiger charge is -2.04. The lowest BCUT2D eigenvalue weighted by molar-refractivity contribution is 0.606. The van der Waals surface area contributed by atoms with Gasteiger partial charge in [0.1, 0.15) is 5.82 Å². The van der Waals surface area contributed by atoms with E-state index in [1.165, 1.54) is 0 Å². The maximum Gasteiger partial charge on any atom is 0.109 e. The summed E-state index contributed by atoms with van der Waals surface area (Å²) in [5, 5.41) is 0.765. The average Bonchev–Trinajstić information content (AvgIpc) is 2.44. The Morgan fingerprint density at radius 2 is 2.13 bits per heavy atom. The summed E-state index contributed by atoms with van der Waals surface area (Å²) in [4.78, 5) is 4.60. The lowest BCUT2D eigenvalue weighted by Crippen LogP contribution is -2.02. The number of hydrogen-bond acceptors (Lipinski definition) is 1. The molecule has 0 fully saturated rings. The highest BCUT2D eigenvalue weighted by Gasteiger charge is 2.09. The molecule has 2 nitrogen and oxygen atoms in total. The second kappa shape index (κ2) is 3.86. The van der Waals surface area contributed by atoms with Crippen LogP contribution in [0.3, 0.4) is 0 Å². The topological polar surface area (TPSA) is 17.8 Å². The van der Waals surface area contributed by atoms with Crippen molar-refractivity contribution in [3.8, 4) is 0 Å². The Labute approximate surface area is 94.9 Å². The Bertz CT molecular complexity index is 486. The number of aryl methyl sites for hydroxylation is 1. The molecule has 0 atom stereocenters. The van der Waals surface area contributed by atoms with Crippen LogP contribution in [0.2, 0.25) is 5.02 Å². The molecule has 0 spiro atoms. The molecule has 0 radical (unpaired) electrons. The van der Waals surface area contributed by atoms with E-state index in [1.54, 1.807) is 0 Å². The van der Waals surface area contributed by atoms with Crippen molar-refractivity contribution in [2.75, 3.05) is 0 Å². The summed E-state index contributed by atoms with van der Waals surface area (Å²) in [6, 6.07) is 5.82. The van der Waals surface area contributed by atoms with Crippen molar-refractivity contribution in [3.05, 3.63) is 29.0 Å². The standard InChI is InChI=1S/C12H15ClN2/c1-8(2)6-12-14-10-5-4-9(13)7-11(10)15(12)3/h4-5,7-8H,6H2,1-3H3. The first-order chi connectivity index (χ1) is 7.08. The largest absolute Gasteiger partial charge is 0.331 e. The van der Waals surface area contributed by atoms with Gasteiger partial charge in [0, 0.05) is 18.5 Å². The molecule has 0 saturated heterocycles. The van der Waals surface area contributed by atoms with Crippen LogP contribution in [0, 0.1) is 5.92 Å². The number of aromatic nitrogens is 2. The highest BCUT2D eigenvalue weighted by atomic mass is 35.5. The lowest BCUT2D eigenvalue weighted by atomic mass is 10.1. The molecule has 0 aliphatic rings. The zero-order valence-electron chi connectivity index (χ0n) is 9.29. The molecule has 1 aromatic carbocycles. The molecular formula is C12H15ClN2. The number of rotatable bonds is 2. The van der Waals surface area contributed by atoms with E-state index in [-0.39, 0.29) is 0 Å². The Morgan fingerprint density at radius 1 is 1.40 bits per heavy atom. The summed E-state index contributed by atoms with van der Waals surface area (Å²) in [5.41, 5.74) is 2.13. The van der Waals surface area contributed by atoms with Crippen LogP contribution in [-0.2, 0) is 13.5 Å². The van der Waals surface area contributed by atoms with Crippen LogP contribution >= 0.6 is 11.6 Å². The van der Waals surface area contributed by atoms with E-state index in [9.17, 15) is 0 Å². The van der Waals surface area contributed by atoms with Crippen molar-refractivity contribution in [3.63, 3.8) is 0 Å². The van der Waals surface area contributed by atoms with Gasteiger partial charge in [0.25, 0.3) is 0 Å². The van der Waals surface area contributed by atoms with Crippen molar-refractivity contribution >= 4 is 22.6 Å². The molecule has 1 heterocycles. The SMILES string of the molecule is CC(C)Cc1nc2ccc(Cl)cc2n1C. The molecule has 0 saturated carbocycles. The van der Waals surface area contributed by atoms with Crippen LogP contribution in [0.1, 0.15) is 19.7 Å². The third-order valence-electron chi connectivity index (χ3n) is 2.53. The highest BCUT2D eigenvalue weighted by molar-refractivity contribution is 6.31. The maximum atomic E-state index is 5.96. The van der Waals surface area contributed by atoms with Gasteiger partial charge in [-0.25, -0.2) is 4.98 Å². The van der Waals surface area contributed by atoms with E-state index in [4.69, 9.17) is 11.6 Å². The van der Waals surface area contributed by atoms with Crippen LogP contribution < -0.4 is 0 Å². The predicted molar refractivity (Wildman–Crippen MR) is 64.3 cm³/mol. The van der Waals surface area contributed by atoms with Gasteiger partial charge in [0.15, 0.2) is 0 Å². The minimum Gasteiger partial charge on any atom is -0.331 e. The van der Waals surface area contributed by atoms with Gasteiger partial charge in [-0.2, -0.15) is 0 Å². The number of fused-ring (bicyclic) bond motifs is 1. The molecule has 2 aromatic rings. The van der Waals surface area contributed by atoms with E-state index >= 15 is 0 Å². The van der Waals surface area contributed by atoms with Crippen molar-refractivity contribution in [1.29, 1.82) is 0 Å². The minimum absolute atomic E-state index is 0.621. The summed E-state index contributed by atoms with van der Waals surface area (Å²) in [6.07, 6.45) is 1.00. The van der Waals surface area contributed by atoms with Crippen molar-refractivity contribution < 1.29 is 0 Å². The first-order valence-corrected chi connectivity index (χ1v) is 5.56. The van der Waals surface area contributed by atoms with Gasteiger partial charge in [-0.1, -0.05) is 25.4 Å². The molecule has 80 valence electrons. The fourth-order valence-corrected chi connectivity index (χ4v) is 1.93. The smallest absolute Gasteiger partial charge is 0.109 e. The fourth-order valence-electron chi connectivity index (χ4n) is 1.76. The third kappa shape index (κ3) is 2.00. The van der Waals surface area contributed by atoms with Gasteiger partial charge in [0.05, 0.1) is 11.0 Å². The maximum absolute atomic E-state index is 5.96. The van der Waals surface area contributed by atoms with Crippen molar-refractivity contribution in [2.24, 2.45) is 13.0 Å². The Hall–Kier alpha value is -1.02. The zero-order chi connectivity index (χ0) is 11.0. The zero-order valence-corrected chi connectivity index (χ0v) is 10.0. The van der Waals surface area contributed by atoms with Crippen LogP contribution in [0.25, 0.3) is 11.0 Å². The van der Waals surface area contributed by atoms with Crippen molar-refractivity contribution in [1.82, 2.24) is 9.55 Å². The van der Waals surface area contributed by atoms with E-state index in [0.29, 0.717) is 5.92 Å². The summed E-state index contributed by atoms with van der Waals surface area (Å²) in [5.74, 6) is 1.75. The molecule has 2 rings (SSSR count). The van der Waals surface area contributed by atoms with Crippen LogP contribution in [-0.4, -0.2) is 9.55 Å². The average molecular weight is 223 g/mol. The normalized spacial score (nSPS) is 11.5. The first kappa shape index (κ1) is 10.5. The van der Waals surface area contributed by atoms with Crippen molar-refractivity contribution in [2.45, 2.75) is 20.3 Å². The van der Waals surface area contributed by atoms with E-state index in [2.05, 4.69) is 23.4 Å². The Morgan fingerprint density at radius 3 is 2.80 bits per heavy atom. The summed E-state index contributed by atoms with van der Waals surface area (Å²) < 4.78 is 2.13. The van der Waals surface area contributed by atoms with E-state index < -0.39 is 0 Å². The molecule has 0 N–H and O–H groups in total. The molecule has 0 aliphatic heterocycles. The minimum atomic E-state index is 0.621. The van der Waals surface area contributed by atoms with Gasteiger partial charge in [-0.15, -0.1) is 0 Å². The number of halogens is 1. The van der Waals surface area contributed by atoms with Gasteiger partial charge < -0.3 is 4.57 Å². The molecule has 0 bridgehead atoms. The monoisotopic (exact) mass is 222 g/mol. The number of imidazole rings is 1. The summed E-state index contributed by atoms with van der Waals surface area (Å²) >= 11 is 5.96. The molecule has 0 amide bonds. The second-order valence-electron chi connectivity index (χ2n) is 4.32. The van der Waals surface area contributed by atoms with Gasteiger partial charge in [0.2, 0.25) is 0 Å². The first-order valence-electron chi connectivity index (χ1n) is 5.19. The fraction of sp³-hybridized carbons (Fsp3) is 0.417. The highest BCUT2D eigenvalue weighted by Crippen LogP contribution is 2.20. The molecule has 15 heavy (non-hydrogen) atoms. The molecule has 3 heteroatoms. The van der Waals surface area contributed by atoms with Gasteiger partial charge >= 0.3 is 0 Å². The van der Waals surface area contributed by atoms with Gasteiger partial charge in [-0.3, -0.25) is 0 Å². The van der Waals surface area contributed by atoms with E-state index in [1.807, 2.05) is 25.2 Å². The van der Waals surface area contributed by atoms with Gasteiger partial charge in [-0.05, 0) is 24.1 Å². The summed E-state index contributed by atoms with van der Waals surface area (Å²) in [7, 11) is 2.05. The van der Waals surface area contributed by atoms with Crippen LogP contribution in [0.4, 0.5) is 0 Å². The number of benzene rings is 1. The molecular weight excluding hydrogens is 208 g/mol. The van der Waals surface area contributed by atoms with E-state index in [0.717, 1.165) is 28.3 Å². The molecule has 0 unspecified atom stereocenters. The Balaban J connectivity index is 2.54. The van der Waals surface area contributed by atoms with Crippen LogP contribution in [0.5, 0.6) is 0 Å². The summed E-state index contributed by atoms with van der Waals surface area (Å²) in [6.45, 7) is 4.40. The Kier molecular flexibility index (Phi) is 2.70. The molecule has 0 aliphatic carbocycles. The second-order valence-corrected chi connectivity index (χ2v) is 4.75. The quantitative estimate of drug-likeness (QED) is 0.761. The molecule has 1 aromatic heterocycles. The van der Waals surface area contributed by atoms with Crippen LogP contribution in [0.15, 0.2) is 18.2 Å². The number of nitrogens with zero attached hydrogens (tertiary/aromatic N) is 2. The third-order valence-corrected chi connectivity index (χ3v) is 2.76. The predicted octanol–water partition coefficient (Wildman–Crippen LogP) is 3.43. The number of hydrogen-bond donors (Lipinski definition) is 0.